The Morgan fingerprint density at radius 3 is 2.47 bits per heavy atom. The van der Waals surface area contributed by atoms with Crippen molar-refractivity contribution in [1.29, 1.82) is 5.26 Å². The third-order valence-corrected chi connectivity index (χ3v) is 2.25. The van der Waals surface area contributed by atoms with Gasteiger partial charge in [-0.05, 0) is 23.5 Å². The van der Waals surface area contributed by atoms with Crippen molar-refractivity contribution in [2.75, 3.05) is 0 Å². The maximum absolute atomic E-state index is 10.0. The first-order valence-electron chi connectivity index (χ1n) is 5.11. The monoisotopic (exact) mass is 203 g/mol. The molecule has 0 saturated heterocycles. The molecule has 1 atom stereocenters. The minimum atomic E-state index is -0.555. The molecule has 0 fully saturated rings. The molecule has 0 aromatic heterocycles. The summed E-state index contributed by atoms with van der Waals surface area (Å²) < 4.78 is 0. The third kappa shape index (κ3) is 3.38. The fraction of sp³-hybridized carbons (Fsp3) is 0.462. The van der Waals surface area contributed by atoms with Gasteiger partial charge in [-0.3, -0.25) is 0 Å². The maximum Gasteiger partial charge on any atom is 0.0995 e. The first kappa shape index (κ1) is 11.7. The van der Waals surface area contributed by atoms with E-state index in [4.69, 9.17) is 5.26 Å². The number of aliphatic hydroxyl groups is 1. The summed E-state index contributed by atoms with van der Waals surface area (Å²) >= 11 is 0. The van der Waals surface area contributed by atoms with E-state index >= 15 is 0 Å². The Labute approximate surface area is 91.2 Å². The van der Waals surface area contributed by atoms with Crippen LogP contribution in [0, 0.1) is 16.7 Å². The molecule has 80 valence electrons. The lowest BCUT2D eigenvalue weighted by atomic mass is 9.86. The molecule has 1 N–H and O–H groups in total. The predicted molar refractivity (Wildman–Crippen MR) is 60.2 cm³/mol. The van der Waals surface area contributed by atoms with Gasteiger partial charge in [0.15, 0.2) is 0 Å². The molecule has 1 aromatic rings. The quantitative estimate of drug-likeness (QED) is 0.802. The molecule has 1 rings (SSSR count). The highest BCUT2D eigenvalue weighted by Crippen LogP contribution is 2.30. The van der Waals surface area contributed by atoms with Crippen LogP contribution in [-0.2, 0) is 0 Å². The number of nitrogens with zero attached hydrogens (tertiary/aromatic N) is 1. The zero-order chi connectivity index (χ0) is 11.5. The van der Waals surface area contributed by atoms with Gasteiger partial charge in [-0.2, -0.15) is 5.26 Å². The average molecular weight is 203 g/mol. The van der Waals surface area contributed by atoms with Gasteiger partial charge in [-0.1, -0.05) is 39.0 Å². The summed E-state index contributed by atoms with van der Waals surface area (Å²) in [5.74, 6) is 0. The molecule has 0 heterocycles. The number of rotatable bonds is 2. The molecule has 15 heavy (non-hydrogen) atoms. The van der Waals surface area contributed by atoms with E-state index in [0.717, 1.165) is 5.56 Å². The zero-order valence-electron chi connectivity index (χ0n) is 9.49. The molecule has 0 radical (unpaired) electrons. The zero-order valence-corrected chi connectivity index (χ0v) is 9.49. The van der Waals surface area contributed by atoms with E-state index < -0.39 is 6.10 Å². The van der Waals surface area contributed by atoms with Crippen LogP contribution in [0.5, 0.6) is 0 Å². The van der Waals surface area contributed by atoms with E-state index in [1.165, 1.54) is 0 Å². The average Bonchev–Trinajstić information content (AvgIpc) is 2.15. The van der Waals surface area contributed by atoms with Gasteiger partial charge in [0.25, 0.3) is 0 Å². The molecule has 2 heteroatoms. The summed E-state index contributed by atoms with van der Waals surface area (Å²) in [6, 6.07) is 9.31. The minimum absolute atomic E-state index is 0.0575. The standard InChI is InChI=1S/C13H17NO/c1-13(2,3)8-12(15)11-7-5-4-6-10(11)9-14/h4-7,12,15H,8H2,1-3H3/t12-/m0/s1. The van der Waals surface area contributed by atoms with E-state index in [1.807, 2.05) is 18.2 Å². The molecule has 2 nitrogen and oxygen atoms in total. The van der Waals surface area contributed by atoms with Crippen molar-refractivity contribution in [3.05, 3.63) is 35.4 Å². The van der Waals surface area contributed by atoms with Gasteiger partial charge in [0.05, 0.1) is 17.7 Å². The van der Waals surface area contributed by atoms with Crippen LogP contribution < -0.4 is 0 Å². The lowest BCUT2D eigenvalue weighted by molar-refractivity contribution is 0.122. The summed E-state index contributed by atoms with van der Waals surface area (Å²) in [5.41, 5.74) is 1.35. The second-order valence-corrected chi connectivity index (χ2v) is 4.98. The van der Waals surface area contributed by atoms with Gasteiger partial charge in [-0.15, -0.1) is 0 Å². The van der Waals surface area contributed by atoms with Crippen molar-refractivity contribution >= 4 is 0 Å². The van der Waals surface area contributed by atoms with Crippen LogP contribution in [0.1, 0.15) is 44.4 Å². The Morgan fingerprint density at radius 2 is 1.93 bits per heavy atom. The van der Waals surface area contributed by atoms with Crippen LogP contribution >= 0.6 is 0 Å². The Bertz CT molecular complexity index is 371. The van der Waals surface area contributed by atoms with Gasteiger partial charge in [0, 0.05) is 0 Å². The summed E-state index contributed by atoms with van der Waals surface area (Å²) in [7, 11) is 0. The van der Waals surface area contributed by atoms with Crippen molar-refractivity contribution in [2.45, 2.75) is 33.3 Å². The number of benzene rings is 1. The molecule has 0 bridgehead atoms. The van der Waals surface area contributed by atoms with E-state index in [9.17, 15) is 5.11 Å². The topological polar surface area (TPSA) is 44.0 Å². The lowest BCUT2D eigenvalue weighted by Gasteiger charge is -2.23. The van der Waals surface area contributed by atoms with Crippen LogP contribution in [0.3, 0.4) is 0 Å². The fourth-order valence-electron chi connectivity index (χ4n) is 1.58. The Hall–Kier alpha value is -1.33. The third-order valence-electron chi connectivity index (χ3n) is 2.25. The number of aliphatic hydroxyl groups excluding tert-OH is 1. The van der Waals surface area contributed by atoms with E-state index in [1.54, 1.807) is 6.07 Å². The van der Waals surface area contributed by atoms with Gasteiger partial charge >= 0.3 is 0 Å². The van der Waals surface area contributed by atoms with Crippen LogP contribution in [0.25, 0.3) is 0 Å². The Kier molecular flexibility index (Phi) is 3.49. The van der Waals surface area contributed by atoms with Crippen molar-refractivity contribution in [3.8, 4) is 6.07 Å². The van der Waals surface area contributed by atoms with Gasteiger partial charge in [0.1, 0.15) is 0 Å². The first-order chi connectivity index (χ1) is 6.94. The van der Waals surface area contributed by atoms with Gasteiger partial charge in [-0.25, -0.2) is 0 Å². The van der Waals surface area contributed by atoms with Gasteiger partial charge < -0.3 is 5.11 Å². The van der Waals surface area contributed by atoms with Crippen molar-refractivity contribution < 1.29 is 5.11 Å². The largest absolute Gasteiger partial charge is 0.388 e. The van der Waals surface area contributed by atoms with E-state index in [0.29, 0.717) is 12.0 Å². The van der Waals surface area contributed by atoms with E-state index in [-0.39, 0.29) is 5.41 Å². The van der Waals surface area contributed by atoms with Crippen molar-refractivity contribution in [3.63, 3.8) is 0 Å². The molecular weight excluding hydrogens is 186 g/mol. The summed E-state index contributed by atoms with van der Waals surface area (Å²) in [5, 5.41) is 18.9. The number of hydrogen-bond acceptors (Lipinski definition) is 2. The molecule has 0 aliphatic heterocycles. The molecule has 0 amide bonds. The van der Waals surface area contributed by atoms with E-state index in [2.05, 4.69) is 26.8 Å². The molecule has 0 aliphatic rings. The van der Waals surface area contributed by atoms with Crippen LogP contribution in [-0.4, -0.2) is 5.11 Å². The summed E-state index contributed by atoms with van der Waals surface area (Å²) in [6.07, 6.45) is 0.104. The lowest BCUT2D eigenvalue weighted by Crippen LogP contribution is -2.12. The minimum Gasteiger partial charge on any atom is -0.388 e. The van der Waals surface area contributed by atoms with Gasteiger partial charge in [0.2, 0.25) is 0 Å². The number of hydrogen-bond donors (Lipinski definition) is 1. The normalized spacial score (nSPS) is 13.3. The van der Waals surface area contributed by atoms with Crippen molar-refractivity contribution in [2.24, 2.45) is 5.41 Å². The second-order valence-electron chi connectivity index (χ2n) is 4.98. The molecule has 0 saturated carbocycles. The van der Waals surface area contributed by atoms with Crippen molar-refractivity contribution in [1.82, 2.24) is 0 Å². The molecule has 0 spiro atoms. The Balaban J connectivity index is 2.92. The molecular formula is C13H17NO. The fourth-order valence-corrected chi connectivity index (χ4v) is 1.58. The molecule has 0 aliphatic carbocycles. The highest BCUT2D eigenvalue weighted by molar-refractivity contribution is 5.38. The molecule has 0 unspecified atom stereocenters. The highest BCUT2D eigenvalue weighted by Gasteiger charge is 2.19. The molecule has 1 aromatic carbocycles. The van der Waals surface area contributed by atoms with Crippen LogP contribution in [0.15, 0.2) is 24.3 Å². The summed E-state index contributed by atoms with van der Waals surface area (Å²) in [6.45, 7) is 6.22. The summed E-state index contributed by atoms with van der Waals surface area (Å²) in [4.78, 5) is 0. The van der Waals surface area contributed by atoms with Crippen LogP contribution in [0.4, 0.5) is 0 Å². The maximum atomic E-state index is 10.0. The highest BCUT2D eigenvalue weighted by atomic mass is 16.3. The SMILES string of the molecule is CC(C)(C)C[C@H](O)c1ccccc1C#N. The predicted octanol–water partition coefficient (Wildman–Crippen LogP) is 3.03. The second kappa shape index (κ2) is 4.46. The first-order valence-corrected chi connectivity index (χ1v) is 5.11. The smallest absolute Gasteiger partial charge is 0.0995 e. The number of nitriles is 1. The van der Waals surface area contributed by atoms with Crippen LogP contribution in [0.2, 0.25) is 0 Å². The Morgan fingerprint density at radius 1 is 1.33 bits per heavy atom.